The van der Waals surface area contributed by atoms with E-state index in [2.05, 4.69) is 13.8 Å². The maximum absolute atomic E-state index is 12.3. The van der Waals surface area contributed by atoms with Gasteiger partial charge in [-0.15, -0.1) is 0 Å². The molecule has 3 nitrogen and oxygen atoms in total. The first-order chi connectivity index (χ1) is 8.50. The van der Waals surface area contributed by atoms with Crippen molar-refractivity contribution in [1.29, 1.82) is 0 Å². The summed E-state index contributed by atoms with van der Waals surface area (Å²) in [5.74, 6) is 0.585. The molecule has 96 valence electrons. The van der Waals surface area contributed by atoms with Gasteiger partial charge in [-0.1, -0.05) is 32.0 Å². The summed E-state index contributed by atoms with van der Waals surface area (Å²) in [5.41, 5.74) is 1.75. The molecule has 1 aromatic rings. The zero-order chi connectivity index (χ0) is 13.3. The van der Waals surface area contributed by atoms with Crippen molar-refractivity contribution in [2.24, 2.45) is 5.92 Å². The van der Waals surface area contributed by atoms with Gasteiger partial charge in [0.15, 0.2) is 0 Å². The predicted octanol–water partition coefficient (Wildman–Crippen LogP) is 2.82. The predicted molar refractivity (Wildman–Crippen MR) is 70.4 cm³/mol. The van der Waals surface area contributed by atoms with Crippen LogP contribution in [0.4, 0.5) is 0 Å². The molecule has 0 aromatic heterocycles. The van der Waals surface area contributed by atoms with Crippen molar-refractivity contribution in [1.82, 2.24) is 4.90 Å². The van der Waals surface area contributed by atoms with E-state index in [0.717, 1.165) is 11.1 Å². The molecule has 1 heterocycles. The fourth-order valence-corrected chi connectivity index (χ4v) is 2.54. The van der Waals surface area contributed by atoms with Gasteiger partial charge < -0.3 is 4.90 Å². The van der Waals surface area contributed by atoms with Crippen LogP contribution in [0.2, 0.25) is 0 Å². The van der Waals surface area contributed by atoms with Crippen LogP contribution in [-0.4, -0.2) is 23.1 Å². The van der Waals surface area contributed by atoms with E-state index < -0.39 is 0 Å². The zero-order valence-electron chi connectivity index (χ0n) is 11.1. The maximum Gasteiger partial charge on any atom is 0.254 e. The Morgan fingerprint density at radius 3 is 2.61 bits per heavy atom. The van der Waals surface area contributed by atoms with Gasteiger partial charge in [0.1, 0.15) is 5.78 Å². The standard InChI is InChI=1S/C15H19NO2/c1-10(2)9-16-14(8-11(3)17)12-6-4-5-7-13(12)15(16)18/h4-7,10,14H,8-9H2,1-3H3. The number of Topliss-reactive ketones (excluding diaryl/α,β-unsaturated/α-hetero) is 1. The summed E-state index contributed by atoms with van der Waals surface area (Å²) in [6, 6.07) is 7.54. The highest BCUT2D eigenvalue weighted by molar-refractivity contribution is 5.99. The van der Waals surface area contributed by atoms with E-state index in [1.165, 1.54) is 0 Å². The quantitative estimate of drug-likeness (QED) is 0.818. The van der Waals surface area contributed by atoms with Gasteiger partial charge in [-0.3, -0.25) is 9.59 Å². The van der Waals surface area contributed by atoms with E-state index in [1.54, 1.807) is 6.92 Å². The minimum atomic E-state index is -0.0754. The summed E-state index contributed by atoms with van der Waals surface area (Å²) in [4.78, 5) is 25.6. The van der Waals surface area contributed by atoms with Gasteiger partial charge in [-0.2, -0.15) is 0 Å². The minimum Gasteiger partial charge on any atom is -0.331 e. The lowest BCUT2D eigenvalue weighted by atomic mass is 10.0. The molecule has 18 heavy (non-hydrogen) atoms. The number of amides is 1. The second kappa shape index (κ2) is 4.92. The Balaban J connectivity index is 2.36. The highest BCUT2D eigenvalue weighted by Crippen LogP contribution is 2.36. The van der Waals surface area contributed by atoms with Gasteiger partial charge in [0.25, 0.3) is 5.91 Å². The first kappa shape index (κ1) is 12.8. The Kier molecular flexibility index (Phi) is 3.50. The lowest BCUT2D eigenvalue weighted by molar-refractivity contribution is -0.118. The van der Waals surface area contributed by atoms with E-state index in [4.69, 9.17) is 0 Å². The molecule has 1 aromatic carbocycles. The molecule has 1 amide bonds. The second-order valence-electron chi connectivity index (χ2n) is 5.36. The monoisotopic (exact) mass is 245 g/mol. The molecule has 0 fully saturated rings. The normalized spacial score (nSPS) is 18.3. The highest BCUT2D eigenvalue weighted by atomic mass is 16.2. The fraction of sp³-hybridized carbons (Fsp3) is 0.467. The first-order valence-corrected chi connectivity index (χ1v) is 6.40. The Morgan fingerprint density at radius 1 is 1.33 bits per heavy atom. The van der Waals surface area contributed by atoms with Crippen molar-refractivity contribution in [3.8, 4) is 0 Å². The summed E-state index contributed by atoms with van der Waals surface area (Å²) in [7, 11) is 0. The summed E-state index contributed by atoms with van der Waals surface area (Å²) < 4.78 is 0. The van der Waals surface area contributed by atoms with Crippen LogP contribution < -0.4 is 0 Å². The van der Waals surface area contributed by atoms with Crippen molar-refractivity contribution in [3.63, 3.8) is 0 Å². The topological polar surface area (TPSA) is 37.4 Å². The molecule has 2 rings (SSSR count). The highest BCUT2D eigenvalue weighted by Gasteiger charge is 2.36. The van der Waals surface area contributed by atoms with E-state index in [0.29, 0.717) is 18.9 Å². The van der Waals surface area contributed by atoms with Crippen LogP contribution in [-0.2, 0) is 4.79 Å². The summed E-state index contributed by atoms with van der Waals surface area (Å²) in [5, 5.41) is 0. The number of carbonyl (C=O) groups excluding carboxylic acids is 2. The number of carbonyl (C=O) groups is 2. The number of hydrogen-bond donors (Lipinski definition) is 0. The lowest BCUT2D eigenvalue weighted by Gasteiger charge is -2.26. The molecule has 3 heteroatoms. The van der Waals surface area contributed by atoms with Crippen LogP contribution in [0, 0.1) is 5.92 Å². The van der Waals surface area contributed by atoms with Gasteiger partial charge in [0.05, 0.1) is 6.04 Å². The van der Waals surface area contributed by atoms with Crippen LogP contribution in [0.5, 0.6) is 0 Å². The van der Waals surface area contributed by atoms with Gasteiger partial charge in [0.2, 0.25) is 0 Å². The van der Waals surface area contributed by atoms with Crippen LogP contribution in [0.1, 0.15) is 49.2 Å². The number of fused-ring (bicyclic) bond motifs is 1. The molecule has 0 saturated heterocycles. The SMILES string of the molecule is CC(=O)CC1c2ccccc2C(=O)N1CC(C)C. The molecule has 0 saturated carbocycles. The molecule has 0 spiro atoms. The Labute approximate surface area is 108 Å². The largest absolute Gasteiger partial charge is 0.331 e. The molecule has 0 aliphatic carbocycles. The average molecular weight is 245 g/mol. The van der Waals surface area contributed by atoms with Gasteiger partial charge in [-0.25, -0.2) is 0 Å². The molecule has 0 N–H and O–H groups in total. The lowest BCUT2D eigenvalue weighted by Crippen LogP contribution is -2.32. The maximum atomic E-state index is 12.3. The molecule has 1 unspecified atom stereocenters. The smallest absolute Gasteiger partial charge is 0.254 e. The number of benzene rings is 1. The van der Waals surface area contributed by atoms with Crippen LogP contribution >= 0.6 is 0 Å². The van der Waals surface area contributed by atoms with Crippen LogP contribution in [0.15, 0.2) is 24.3 Å². The van der Waals surface area contributed by atoms with Gasteiger partial charge in [0, 0.05) is 18.5 Å². The van der Waals surface area contributed by atoms with E-state index in [9.17, 15) is 9.59 Å². The molecular formula is C15H19NO2. The Hall–Kier alpha value is -1.64. The number of ketones is 1. The summed E-state index contributed by atoms with van der Waals surface area (Å²) in [6.07, 6.45) is 0.412. The van der Waals surface area contributed by atoms with Gasteiger partial charge in [-0.05, 0) is 24.5 Å². The Bertz CT molecular complexity index is 479. The van der Waals surface area contributed by atoms with E-state index >= 15 is 0 Å². The number of nitrogens with zero attached hydrogens (tertiary/aromatic N) is 1. The molecular weight excluding hydrogens is 226 g/mol. The third-order valence-corrected chi connectivity index (χ3v) is 3.23. The summed E-state index contributed by atoms with van der Waals surface area (Å²) >= 11 is 0. The van der Waals surface area contributed by atoms with Gasteiger partial charge >= 0.3 is 0 Å². The second-order valence-corrected chi connectivity index (χ2v) is 5.36. The molecule has 1 atom stereocenters. The minimum absolute atomic E-state index is 0.0607. The average Bonchev–Trinajstić information content (AvgIpc) is 2.54. The third kappa shape index (κ3) is 2.30. The molecule has 1 aliphatic heterocycles. The molecule has 0 bridgehead atoms. The van der Waals surface area contributed by atoms with Crippen molar-refractivity contribution in [3.05, 3.63) is 35.4 Å². The molecule has 1 aliphatic rings. The van der Waals surface area contributed by atoms with E-state index in [1.807, 2.05) is 29.2 Å². The van der Waals surface area contributed by atoms with Crippen LogP contribution in [0.25, 0.3) is 0 Å². The molecule has 0 radical (unpaired) electrons. The number of hydrogen-bond acceptors (Lipinski definition) is 2. The van der Waals surface area contributed by atoms with Crippen molar-refractivity contribution >= 4 is 11.7 Å². The van der Waals surface area contributed by atoms with E-state index in [-0.39, 0.29) is 17.7 Å². The Morgan fingerprint density at radius 2 is 2.00 bits per heavy atom. The zero-order valence-corrected chi connectivity index (χ0v) is 11.1. The number of rotatable bonds is 4. The first-order valence-electron chi connectivity index (χ1n) is 6.40. The van der Waals surface area contributed by atoms with Crippen molar-refractivity contribution in [2.75, 3.05) is 6.54 Å². The van der Waals surface area contributed by atoms with Crippen molar-refractivity contribution < 1.29 is 9.59 Å². The van der Waals surface area contributed by atoms with Crippen molar-refractivity contribution in [2.45, 2.75) is 33.2 Å². The van der Waals surface area contributed by atoms with Crippen LogP contribution in [0.3, 0.4) is 0 Å². The fourth-order valence-electron chi connectivity index (χ4n) is 2.54. The third-order valence-electron chi connectivity index (χ3n) is 3.23. The summed E-state index contributed by atoms with van der Waals surface area (Å²) in [6.45, 7) is 6.45.